The third kappa shape index (κ3) is 2.10. The molecule has 106 valence electrons. The van der Waals surface area contributed by atoms with Gasteiger partial charge < -0.3 is 4.74 Å². The summed E-state index contributed by atoms with van der Waals surface area (Å²) in [6, 6.07) is 7.88. The van der Waals surface area contributed by atoms with Crippen LogP contribution in [0.5, 0.6) is 0 Å². The molecule has 0 spiro atoms. The van der Waals surface area contributed by atoms with Gasteiger partial charge in [-0.2, -0.15) is 0 Å². The minimum Gasteiger partial charge on any atom is -0.443 e. The molecule has 1 heterocycles. The highest BCUT2D eigenvalue weighted by atomic mass is 35.5. The first-order valence-corrected chi connectivity index (χ1v) is 7.32. The second-order valence-corrected chi connectivity index (χ2v) is 6.73. The van der Waals surface area contributed by atoms with Crippen LogP contribution in [-0.2, 0) is 11.2 Å². The fraction of sp³-hybridized carbons (Fsp3) is 0.438. The summed E-state index contributed by atoms with van der Waals surface area (Å²) in [5.74, 6) is 0. The van der Waals surface area contributed by atoms with Crippen molar-refractivity contribution >= 4 is 28.6 Å². The standard InChI is InChI=1S/C16H18ClNO2/c1-16(2,3)20-15(19)18-12-7-5-4-6-10(12)14-11(17)8-9-13(14)18/h4-7,11H,8-9H2,1-3H3. The van der Waals surface area contributed by atoms with Crippen molar-refractivity contribution in [2.75, 3.05) is 0 Å². The monoisotopic (exact) mass is 291 g/mol. The molecule has 1 aromatic carbocycles. The summed E-state index contributed by atoms with van der Waals surface area (Å²) in [6.45, 7) is 5.63. The lowest BCUT2D eigenvalue weighted by Gasteiger charge is -2.20. The molecule has 3 nitrogen and oxygen atoms in total. The highest BCUT2D eigenvalue weighted by Crippen LogP contribution is 2.42. The average molecular weight is 292 g/mol. The van der Waals surface area contributed by atoms with Gasteiger partial charge in [-0.1, -0.05) is 18.2 Å². The first kappa shape index (κ1) is 13.5. The van der Waals surface area contributed by atoms with Crippen LogP contribution >= 0.6 is 11.6 Å². The molecule has 1 unspecified atom stereocenters. The zero-order valence-corrected chi connectivity index (χ0v) is 12.7. The highest BCUT2D eigenvalue weighted by molar-refractivity contribution is 6.22. The minimum atomic E-state index is -0.506. The van der Waals surface area contributed by atoms with Crippen molar-refractivity contribution in [3.8, 4) is 0 Å². The fourth-order valence-electron chi connectivity index (χ4n) is 2.84. The van der Waals surface area contributed by atoms with Gasteiger partial charge in [0.15, 0.2) is 0 Å². The van der Waals surface area contributed by atoms with Crippen molar-refractivity contribution in [2.45, 2.75) is 44.6 Å². The van der Waals surface area contributed by atoms with Crippen LogP contribution in [0.4, 0.5) is 4.79 Å². The number of carbonyl (C=O) groups is 1. The maximum atomic E-state index is 12.5. The van der Waals surface area contributed by atoms with Gasteiger partial charge in [0.1, 0.15) is 5.60 Å². The molecule has 0 fully saturated rings. The van der Waals surface area contributed by atoms with Gasteiger partial charge in [-0.15, -0.1) is 11.6 Å². The van der Waals surface area contributed by atoms with Gasteiger partial charge in [-0.3, -0.25) is 0 Å². The van der Waals surface area contributed by atoms with Gasteiger partial charge in [-0.05, 0) is 45.2 Å². The summed E-state index contributed by atoms with van der Waals surface area (Å²) < 4.78 is 7.22. The zero-order valence-electron chi connectivity index (χ0n) is 11.9. The Morgan fingerprint density at radius 1 is 1.35 bits per heavy atom. The Bertz CT molecular complexity index is 682. The summed E-state index contributed by atoms with van der Waals surface area (Å²) >= 11 is 6.41. The van der Waals surface area contributed by atoms with Gasteiger partial charge >= 0.3 is 6.09 Å². The van der Waals surface area contributed by atoms with Crippen molar-refractivity contribution in [3.05, 3.63) is 35.5 Å². The topological polar surface area (TPSA) is 31.2 Å². The SMILES string of the molecule is CC(C)(C)OC(=O)n1c2c(c3ccccc31)C(Cl)CC2. The maximum absolute atomic E-state index is 12.5. The fourth-order valence-corrected chi connectivity index (χ4v) is 3.19. The number of alkyl halides is 1. The molecule has 0 saturated heterocycles. The van der Waals surface area contributed by atoms with Crippen LogP contribution in [0.1, 0.15) is 43.8 Å². The van der Waals surface area contributed by atoms with Crippen LogP contribution in [0.3, 0.4) is 0 Å². The average Bonchev–Trinajstić information content (AvgIpc) is 2.85. The lowest BCUT2D eigenvalue weighted by Crippen LogP contribution is -2.27. The molecule has 1 aromatic heterocycles. The van der Waals surface area contributed by atoms with Crippen molar-refractivity contribution in [2.24, 2.45) is 0 Å². The molecule has 0 aliphatic heterocycles. The quantitative estimate of drug-likeness (QED) is 0.662. The van der Waals surface area contributed by atoms with E-state index >= 15 is 0 Å². The van der Waals surface area contributed by atoms with Crippen molar-refractivity contribution in [1.29, 1.82) is 0 Å². The molecule has 20 heavy (non-hydrogen) atoms. The number of hydrogen-bond acceptors (Lipinski definition) is 2. The first-order chi connectivity index (χ1) is 9.38. The molecule has 0 amide bonds. The molecule has 0 bridgehead atoms. The van der Waals surface area contributed by atoms with Crippen LogP contribution in [0, 0.1) is 0 Å². The van der Waals surface area contributed by atoms with E-state index in [2.05, 4.69) is 0 Å². The third-order valence-corrected chi connectivity index (χ3v) is 3.98. The summed E-state index contributed by atoms with van der Waals surface area (Å²) in [5.41, 5.74) is 2.47. The Morgan fingerprint density at radius 2 is 2.05 bits per heavy atom. The van der Waals surface area contributed by atoms with Gasteiger partial charge in [0, 0.05) is 11.1 Å². The van der Waals surface area contributed by atoms with Gasteiger partial charge in [0.25, 0.3) is 0 Å². The molecule has 1 atom stereocenters. The zero-order chi connectivity index (χ0) is 14.5. The second-order valence-electron chi connectivity index (χ2n) is 6.20. The molecule has 0 radical (unpaired) electrons. The smallest absolute Gasteiger partial charge is 0.419 e. The predicted octanol–water partition coefficient (Wildman–Crippen LogP) is 4.65. The number of hydrogen-bond donors (Lipinski definition) is 0. The van der Waals surface area contributed by atoms with E-state index in [1.165, 1.54) is 0 Å². The molecule has 1 aliphatic carbocycles. The predicted molar refractivity (Wildman–Crippen MR) is 80.5 cm³/mol. The Labute approximate surface area is 123 Å². The van der Waals surface area contributed by atoms with Crippen LogP contribution < -0.4 is 0 Å². The Balaban J connectivity index is 2.19. The Kier molecular flexibility index (Phi) is 3.05. The Morgan fingerprint density at radius 3 is 2.75 bits per heavy atom. The number of para-hydroxylation sites is 1. The summed E-state index contributed by atoms with van der Waals surface area (Å²) in [6.07, 6.45) is 1.37. The van der Waals surface area contributed by atoms with Crippen molar-refractivity contribution in [3.63, 3.8) is 0 Å². The van der Waals surface area contributed by atoms with Gasteiger partial charge in [0.05, 0.1) is 10.9 Å². The molecular weight excluding hydrogens is 274 g/mol. The van der Waals surface area contributed by atoms with Crippen LogP contribution in [-0.4, -0.2) is 16.3 Å². The summed E-state index contributed by atoms with van der Waals surface area (Å²) in [7, 11) is 0. The van der Waals surface area contributed by atoms with E-state index in [1.807, 2.05) is 45.0 Å². The molecule has 4 heteroatoms. The third-order valence-electron chi connectivity index (χ3n) is 3.54. The van der Waals surface area contributed by atoms with E-state index in [0.717, 1.165) is 35.0 Å². The highest BCUT2D eigenvalue weighted by Gasteiger charge is 2.31. The molecule has 3 rings (SSSR count). The van der Waals surface area contributed by atoms with Crippen LogP contribution in [0.2, 0.25) is 0 Å². The van der Waals surface area contributed by atoms with Crippen molar-refractivity contribution < 1.29 is 9.53 Å². The molecule has 0 saturated carbocycles. The van der Waals surface area contributed by atoms with E-state index < -0.39 is 5.60 Å². The number of benzene rings is 1. The van der Waals surface area contributed by atoms with E-state index in [9.17, 15) is 4.79 Å². The lowest BCUT2D eigenvalue weighted by molar-refractivity contribution is 0.0540. The molecule has 0 N–H and O–H groups in total. The first-order valence-electron chi connectivity index (χ1n) is 6.88. The normalized spacial score (nSPS) is 18.3. The minimum absolute atomic E-state index is 0.0152. The van der Waals surface area contributed by atoms with Crippen molar-refractivity contribution in [1.82, 2.24) is 4.57 Å². The van der Waals surface area contributed by atoms with Crippen LogP contribution in [0.15, 0.2) is 24.3 Å². The summed E-state index contributed by atoms with van der Waals surface area (Å²) in [5, 5.41) is 1.05. The summed E-state index contributed by atoms with van der Waals surface area (Å²) in [4.78, 5) is 12.5. The van der Waals surface area contributed by atoms with E-state index in [4.69, 9.17) is 16.3 Å². The Hall–Kier alpha value is -1.48. The number of halogens is 1. The van der Waals surface area contributed by atoms with Gasteiger partial charge in [0.2, 0.25) is 0 Å². The largest absolute Gasteiger partial charge is 0.443 e. The number of rotatable bonds is 0. The number of nitrogens with zero attached hydrogens (tertiary/aromatic N) is 1. The number of aromatic nitrogens is 1. The number of fused-ring (bicyclic) bond motifs is 3. The lowest BCUT2D eigenvalue weighted by atomic mass is 10.1. The molecule has 2 aromatic rings. The van der Waals surface area contributed by atoms with E-state index in [-0.39, 0.29) is 11.5 Å². The van der Waals surface area contributed by atoms with Gasteiger partial charge in [-0.25, -0.2) is 9.36 Å². The van der Waals surface area contributed by atoms with E-state index in [0.29, 0.717) is 0 Å². The molecule has 1 aliphatic rings. The maximum Gasteiger partial charge on any atom is 0.419 e. The molecular formula is C16H18ClNO2. The number of carbonyl (C=O) groups excluding carboxylic acids is 1. The second kappa shape index (κ2) is 4.52. The number of ether oxygens (including phenoxy) is 1. The van der Waals surface area contributed by atoms with E-state index in [1.54, 1.807) is 4.57 Å². The van der Waals surface area contributed by atoms with Crippen LogP contribution in [0.25, 0.3) is 10.9 Å².